The summed E-state index contributed by atoms with van der Waals surface area (Å²) in [7, 11) is 0. The third-order valence-electron chi connectivity index (χ3n) is 6.36. The van der Waals surface area contributed by atoms with Crippen LogP contribution >= 0.6 is 0 Å². The van der Waals surface area contributed by atoms with Gasteiger partial charge in [0.15, 0.2) is 24.6 Å². The minimum Gasteiger partial charge on any atom is -0.452 e. The van der Waals surface area contributed by atoms with E-state index in [4.69, 9.17) is 23.7 Å². The zero-order chi connectivity index (χ0) is 29.0. The van der Waals surface area contributed by atoms with Crippen LogP contribution in [0.4, 0.5) is 0 Å². The highest BCUT2D eigenvalue weighted by Gasteiger charge is 2.53. The Labute approximate surface area is 238 Å². The lowest BCUT2D eigenvalue weighted by atomic mass is 9.97. The molecule has 9 heteroatoms. The zero-order valence-corrected chi connectivity index (χ0v) is 22.4. The van der Waals surface area contributed by atoms with Crippen LogP contribution in [-0.4, -0.2) is 66.9 Å². The number of unbranched alkanes of at least 4 members (excludes halogenated alkanes) is 1. The van der Waals surface area contributed by atoms with E-state index in [-0.39, 0.29) is 23.3 Å². The van der Waals surface area contributed by atoms with Gasteiger partial charge in [-0.15, -0.1) is 6.58 Å². The number of rotatable bonds is 12. The molecular weight excluding hydrogens is 528 g/mol. The summed E-state index contributed by atoms with van der Waals surface area (Å²) in [5, 5.41) is 10.3. The molecule has 3 aromatic rings. The van der Waals surface area contributed by atoms with Gasteiger partial charge in [0, 0.05) is 0 Å². The van der Waals surface area contributed by atoms with Crippen LogP contribution in [0.5, 0.6) is 0 Å². The highest BCUT2D eigenvalue weighted by atomic mass is 16.7. The Hall–Kier alpha value is -4.31. The maximum atomic E-state index is 13.3. The number of benzene rings is 3. The topological polar surface area (TPSA) is 118 Å². The smallest absolute Gasteiger partial charge is 0.338 e. The molecule has 41 heavy (non-hydrogen) atoms. The molecule has 9 nitrogen and oxygen atoms in total. The van der Waals surface area contributed by atoms with Gasteiger partial charge in [0.05, 0.1) is 29.9 Å². The Balaban J connectivity index is 1.70. The Kier molecular flexibility index (Phi) is 10.8. The summed E-state index contributed by atoms with van der Waals surface area (Å²) >= 11 is 0. The van der Waals surface area contributed by atoms with Crippen LogP contribution in [0.15, 0.2) is 104 Å². The normalized spacial score (nSPS) is 21.8. The second-order valence-electron chi connectivity index (χ2n) is 9.24. The van der Waals surface area contributed by atoms with Crippen molar-refractivity contribution in [3.05, 3.63) is 120 Å². The van der Waals surface area contributed by atoms with Crippen LogP contribution < -0.4 is 0 Å². The summed E-state index contributed by atoms with van der Waals surface area (Å²) < 4.78 is 29.4. The van der Waals surface area contributed by atoms with E-state index in [0.717, 1.165) is 0 Å². The van der Waals surface area contributed by atoms with Gasteiger partial charge in [0.1, 0.15) is 6.10 Å². The van der Waals surface area contributed by atoms with E-state index < -0.39 is 55.2 Å². The van der Waals surface area contributed by atoms with Crippen molar-refractivity contribution in [2.75, 3.05) is 13.2 Å². The molecule has 0 saturated carbocycles. The summed E-state index contributed by atoms with van der Waals surface area (Å²) in [5.41, 5.74) is 0.704. The molecule has 5 atom stereocenters. The predicted molar refractivity (Wildman–Crippen MR) is 148 cm³/mol. The minimum atomic E-state index is -1.39. The quantitative estimate of drug-likeness (QED) is 0.149. The molecule has 0 aromatic heterocycles. The molecule has 1 N–H and O–H groups in total. The fourth-order valence-electron chi connectivity index (χ4n) is 4.29. The summed E-state index contributed by atoms with van der Waals surface area (Å²) in [6.45, 7) is 3.30. The first kappa shape index (κ1) is 29.7. The lowest BCUT2D eigenvalue weighted by Gasteiger charge is -2.44. The molecule has 0 amide bonds. The van der Waals surface area contributed by atoms with Gasteiger partial charge in [-0.2, -0.15) is 0 Å². The monoisotopic (exact) mass is 560 g/mol. The number of carbonyl (C=O) groups is 3. The number of aliphatic hydroxyl groups is 1. The molecule has 0 aliphatic carbocycles. The lowest BCUT2D eigenvalue weighted by molar-refractivity contribution is -0.298. The van der Waals surface area contributed by atoms with Crippen LogP contribution in [-0.2, 0) is 23.7 Å². The molecule has 1 fully saturated rings. The third-order valence-corrected chi connectivity index (χ3v) is 6.36. The van der Waals surface area contributed by atoms with Gasteiger partial charge in [-0.25, -0.2) is 14.4 Å². The first-order valence-electron chi connectivity index (χ1n) is 13.3. The lowest BCUT2D eigenvalue weighted by Crippen LogP contribution is -2.63. The van der Waals surface area contributed by atoms with Gasteiger partial charge >= 0.3 is 17.9 Å². The van der Waals surface area contributed by atoms with Gasteiger partial charge in [-0.05, 0) is 49.2 Å². The van der Waals surface area contributed by atoms with Crippen molar-refractivity contribution in [2.45, 2.75) is 43.5 Å². The van der Waals surface area contributed by atoms with Crippen LogP contribution in [0.2, 0.25) is 0 Å². The summed E-state index contributed by atoms with van der Waals surface area (Å²) in [6, 6.07) is 24.6. The molecule has 0 spiro atoms. The van der Waals surface area contributed by atoms with Gasteiger partial charge in [-0.3, -0.25) is 0 Å². The maximum absolute atomic E-state index is 13.3. The molecule has 214 valence electrons. The second-order valence-corrected chi connectivity index (χ2v) is 9.24. The van der Waals surface area contributed by atoms with Crippen molar-refractivity contribution >= 4 is 17.9 Å². The first-order valence-corrected chi connectivity index (χ1v) is 13.3. The maximum Gasteiger partial charge on any atom is 0.338 e. The van der Waals surface area contributed by atoms with Crippen molar-refractivity contribution in [3.8, 4) is 0 Å². The largest absolute Gasteiger partial charge is 0.452 e. The van der Waals surface area contributed by atoms with Crippen LogP contribution in [0, 0.1) is 0 Å². The summed E-state index contributed by atoms with van der Waals surface area (Å²) in [4.78, 5) is 39.6. The fourth-order valence-corrected chi connectivity index (χ4v) is 4.29. The van der Waals surface area contributed by atoms with Crippen molar-refractivity contribution in [1.82, 2.24) is 0 Å². The molecule has 3 aromatic carbocycles. The van der Waals surface area contributed by atoms with Crippen molar-refractivity contribution < 1.29 is 43.2 Å². The average Bonchev–Trinajstić information content (AvgIpc) is 3.02. The van der Waals surface area contributed by atoms with E-state index >= 15 is 0 Å². The Morgan fingerprint density at radius 1 is 0.707 bits per heavy atom. The summed E-state index contributed by atoms with van der Waals surface area (Å²) in [5.74, 6) is -2.21. The second kappa shape index (κ2) is 14.9. The molecule has 4 rings (SSSR count). The van der Waals surface area contributed by atoms with E-state index in [1.807, 2.05) is 0 Å². The standard InChI is InChI=1S/C32H32O9/c1-2-3-13-20-37-32-28(41-31(36)24-18-11-6-12-19-24)27(40-30(35)23-16-9-5-10-17-23)26(25(21-33)38-32)39-29(34)22-14-7-4-8-15-22/h2,4-12,14-19,25-28,32-33H,1,3,13,20-21H2/t25-,26-,27+,28+,32+/m1/s1. The molecule has 0 bridgehead atoms. The number of aliphatic hydroxyl groups excluding tert-OH is 1. The van der Waals surface area contributed by atoms with Crippen LogP contribution in [0.3, 0.4) is 0 Å². The van der Waals surface area contributed by atoms with Crippen LogP contribution in [0.1, 0.15) is 43.9 Å². The molecular formula is C32H32O9. The predicted octanol–water partition coefficient (Wildman–Crippen LogP) is 4.36. The van der Waals surface area contributed by atoms with Crippen molar-refractivity contribution in [3.63, 3.8) is 0 Å². The van der Waals surface area contributed by atoms with Crippen molar-refractivity contribution in [1.29, 1.82) is 0 Å². The van der Waals surface area contributed by atoms with E-state index in [2.05, 4.69) is 6.58 Å². The Bertz CT molecular complexity index is 1280. The number of ether oxygens (including phenoxy) is 5. The van der Waals surface area contributed by atoms with Gasteiger partial charge in [0.25, 0.3) is 0 Å². The van der Waals surface area contributed by atoms with E-state index in [1.165, 1.54) is 0 Å². The van der Waals surface area contributed by atoms with Gasteiger partial charge in [0.2, 0.25) is 0 Å². The zero-order valence-electron chi connectivity index (χ0n) is 22.4. The van der Waals surface area contributed by atoms with E-state index in [0.29, 0.717) is 12.8 Å². The number of allylic oxidation sites excluding steroid dienone is 1. The molecule has 1 aliphatic heterocycles. The SMILES string of the molecule is C=CCCCO[C@H]1O[C@H](CO)[C@@H](OC(=O)c2ccccc2)[C@H](OC(=O)c2ccccc2)[C@@H]1OC(=O)c1ccccc1. The van der Waals surface area contributed by atoms with Gasteiger partial charge in [-0.1, -0.05) is 60.7 Å². The average molecular weight is 561 g/mol. The Morgan fingerprint density at radius 3 is 1.59 bits per heavy atom. The molecule has 0 unspecified atom stereocenters. The number of esters is 3. The van der Waals surface area contributed by atoms with E-state index in [1.54, 1.807) is 97.1 Å². The number of hydrogen-bond acceptors (Lipinski definition) is 9. The number of carbonyl (C=O) groups excluding carboxylic acids is 3. The summed E-state index contributed by atoms with van der Waals surface area (Å²) in [6.07, 6.45) is -3.51. The Morgan fingerprint density at radius 2 is 1.15 bits per heavy atom. The minimum absolute atomic E-state index is 0.196. The first-order chi connectivity index (χ1) is 20.0. The molecule has 1 heterocycles. The molecule has 0 radical (unpaired) electrons. The molecule has 1 aliphatic rings. The van der Waals surface area contributed by atoms with Crippen molar-refractivity contribution in [2.24, 2.45) is 0 Å². The third kappa shape index (κ3) is 7.88. The van der Waals surface area contributed by atoms with Gasteiger partial charge < -0.3 is 28.8 Å². The molecule has 1 saturated heterocycles. The highest BCUT2D eigenvalue weighted by molar-refractivity contribution is 5.91. The van der Waals surface area contributed by atoms with E-state index in [9.17, 15) is 19.5 Å². The highest BCUT2D eigenvalue weighted by Crippen LogP contribution is 2.31. The fraction of sp³-hybridized carbons (Fsp3) is 0.281. The number of hydrogen-bond donors (Lipinski definition) is 1. The van der Waals surface area contributed by atoms with Crippen LogP contribution in [0.25, 0.3) is 0 Å².